The smallest absolute Gasteiger partial charge is 0.407 e. The molecular formula is C42H54FN7O5. The van der Waals surface area contributed by atoms with Crippen LogP contribution in [0.15, 0.2) is 48.8 Å². The average Bonchev–Trinajstić information content (AvgIpc) is 3.78. The zero-order valence-corrected chi connectivity index (χ0v) is 32.1. The highest BCUT2D eigenvalue weighted by Crippen LogP contribution is 2.35. The maximum absolute atomic E-state index is 15.1. The summed E-state index contributed by atoms with van der Waals surface area (Å²) in [5, 5.41) is 23.4. The number of amides is 3. The van der Waals surface area contributed by atoms with E-state index in [1.807, 2.05) is 13.0 Å². The number of aliphatic hydroxyl groups is 1. The van der Waals surface area contributed by atoms with Crippen LogP contribution in [0.25, 0.3) is 33.5 Å². The van der Waals surface area contributed by atoms with E-state index in [2.05, 4.69) is 63.3 Å². The Morgan fingerprint density at radius 1 is 1.00 bits per heavy atom. The molecule has 13 heteroatoms. The Labute approximate surface area is 322 Å². The van der Waals surface area contributed by atoms with E-state index in [1.54, 1.807) is 4.90 Å². The molecule has 3 aliphatic rings. The number of ether oxygens (including phenoxy) is 1. The van der Waals surface area contributed by atoms with E-state index in [4.69, 9.17) is 4.74 Å². The summed E-state index contributed by atoms with van der Waals surface area (Å²) < 4.78 is 21.5. The van der Waals surface area contributed by atoms with E-state index in [1.165, 1.54) is 23.4 Å². The number of β-amino-alcohol motifs (C(OH)–C–C–N with tert-alkyl or cyclic N) is 1. The fourth-order valence-corrected chi connectivity index (χ4v) is 8.49. The van der Waals surface area contributed by atoms with Crippen molar-refractivity contribution in [3.05, 3.63) is 65.7 Å². The van der Waals surface area contributed by atoms with Crippen LogP contribution >= 0.6 is 0 Å². The van der Waals surface area contributed by atoms with Crippen LogP contribution in [0.5, 0.6) is 0 Å². The lowest BCUT2D eigenvalue weighted by molar-refractivity contribution is -0.00365. The quantitative estimate of drug-likeness (QED) is 0.124. The molecule has 55 heavy (non-hydrogen) atoms. The monoisotopic (exact) mass is 755 g/mol. The topological polar surface area (TPSA) is 147 Å². The molecule has 0 unspecified atom stereocenters. The van der Waals surface area contributed by atoms with Crippen LogP contribution in [-0.2, 0) is 11.3 Å². The summed E-state index contributed by atoms with van der Waals surface area (Å²) in [6.45, 7) is 11.7. The van der Waals surface area contributed by atoms with Gasteiger partial charge in [-0.25, -0.2) is 23.9 Å². The van der Waals surface area contributed by atoms with Crippen molar-refractivity contribution in [3.8, 4) is 22.5 Å². The van der Waals surface area contributed by atoms with E-state index in [0.29, 0.717) is 66.2 Å². The highest BCUT2D eigenvalue weighted by Gasteiger charge is 2.34. The molecule has 294 valence electrons. The number of carbonyl (C=O) groups excluding carboxylic acids is 1. The highest BCUT2D eigenvalue weighted by atomic mass is 19.1. The van der Waals surface area contributed by atoms with Gasteiger partial charge in [-0.05, 0) is 98.7 Å². The van der Waals surface area contributed by atoms with Gasteiger partial charge in [-0.1, -0.05) is 38.1 Å². The molecule has 4 aromatic rings. The average molecular weight is 756 g/mol. The summed E-state index contributed by atoms with van der Waals surface area (Å²) >= 11 is 0. The van der Waals surface area contributed by atoms with Crippen molar-refractivity contribution in [2.45, 2.75) is 78.1 Å². The standard InChI is InChI=1S/C42H54FN7O5/c1-26(2)18-31-22-50(23-38(31)51)41(52)47-36-20-32(43)19-34(27(36)3)39-35-21-37(46-40(35)45-25-44-39)30-6-4-29(5-7-30)24-55-33-11-14-48(15-12-33)13-8-28-9-16-49(17-10-28)42(53)54/h4-7,19-21,25-26,28,31,33,38,51H,8-18,22-24H2,1-3H3,(H,47,52)(H,53,54)(H,44,45,46)/t31-,38-/m0/s1. The van der Waals surface area contributed by atoms with Crippen molar-refractivity contribution in [2.24, 2.45) is 17.8 Å². The zero-order chi connectivity index (χ0) is 38.6. The summed E-state index contributed by atoms with van der Waals surface area (Å²) in [6.07, 6.45) is 6.22. The third kappa shape index (κ3) is 9.28. The summed E-state index contributed by atoms with van der Waals surface area (Å²) in [4.78, 5) is 42.5. The maximum Gasteiger partial charge on any atom is 0.407 e. The highest BCUT2D eigenvalue weighted by molar-refractivity contribution is 5.97. The molecule has 0 spiro atoms. The molecule has 0 bridgehead atoms. The van der Waals surface area contributed by atoms with E-state index in [0.717, 1.165) is 80.4 Å². The molecule has 12 nitrogen and oxygen atoms in total. The number of aromatic amines is 1. The number of aliphatic hydroxyl groups excluding tert-OH is 1. The van der Waals surface area contributed by atoms with Gasteiger partial charge in [0.05, 0.1) is 24.5 Å². The van der Waals surface area contributed by atoms with E-state index in [-0.39, 0.29) is 24.6 Å². The van der Waals surface area contributed by atoms with Gasteiger partial charge in [0.2, 0.25) is 0 Å². The first-order chi connectivity index (χ1) is 26.5. The van der Waals surface area contributed by atoms with Crippen molar-refractivity contribution >= 4 is 28.8 Å². The van der Waals surface area contributed by atoms with Crippen LogP contribution in [0.2, 0.25) is 0 Å². The number of nitrogens with one attached hydrogen (secondary N) is 2. The zero-order valence-electron chi connectivity index (χ0n) is 32.1. The first kappa shape index (κ1) is 38.7. The molecule has 2 aromatic heterocycles. The number of hydrogen-bond acceptors (Lipinski definition) is 7. The molecule has 3 fully saturated rings. The Bertz CT molecular complexity index is 1950. The largest absolute Gasteiger partial charge is 0.465 e. The minimum Gasteiger partial charge on any atom is -0.465 e. The van der Waals surface area contributed by atoms with Crippen molar-refractivity contribution < 1.29 is 28.9 Å². The molecule has 0 saturated carbocycles. The SMILES string of the molecule is Cc1c(NC(=O)N2C[C@H](CC(C)C)[C@@H](O)C2)cc(F)cc1-c1ncnc2[nH]c(-c3ccc(COC4CCN(CCC5CCN(C(=O)O)CC5)CC4)cc3)cc12. The van der Waals surface area contributed by atoms with Crippen molar-refractivity contribution in [1.82, 2.24) is 29.7 Å². The van der Waals surface area contributed by atoms with Gasteiger partial charge in [-0.3, -0.25) is 0 Å². The molecule has 3 saturated heterocycles. The predicted octanol–water partition coefficient (Wildman–Crippen LogP) is 7.37. The second-order valence-electron chi connectivity index (χ2n) is 16.1. The number of H-pyrrole nitrogens is 1. The number of anilines is 1. The van der Waals surface area contributed by atoms with Gasteiger partial charge in [-0.15, -0.1) is 0 Å². The molecule has 7 rings (SSSR count). The lowest BCUT2D eigenvalue weighted by Crippen LogP contribution is -2.40. The molecule has 4 N–H and O–H groups in total. The Morgan fingerprint density at radius 3 is 2.45 bits per heavy atom. The third-order valence-electron chi connectivity index (χ3n) is 11.8. The van der Waals surface area contributed by atoms with Gasteiger partial charge in [0.15, 0.2) is 0 Å². The molecule has 2 aromatic carbocycles. The van der Waals surface area contributed by atoms with Crippen LogP contribution in [0.4, 0.5) is 19.7 Å². The van der Waals surface area contributed by atoms with Crippen LogP contribution < -0.4 is 5.32 Å². The number of fused-ring (bicyclic) bond motifs is 1. The van der Waals surface area contributed by atoms with Crippen LogP contribution in [-0.4, -0.2) is 110 Å². The molecule has 3 aliphatic heterocycles. The number of likely N-dealkylation sites (tertiary alicyclic amines) is 3. The van der Waals surface area contributed by atoms with Gasteiger partial charge >= 0.3 is 12.1 Å². The summed E-state index contributed by atoms with van der Waals surface area (Å²) in [5.74, 6) is 0.549. The van der Waals surface area contributed by atoms with E-state index >= 15 is 4.39 Å². The Kier molecular flexibility index (Phi) is 12.0. The molecule has 2 atom stereocenters. The predicted molar refractivity (Wildman–Crippen MR) is 210 cm³/mol. The number of halogens is 1. The molecular weight excluding hydrogens is 702 g/mol. The first-order valence-corrected chi connectivity index (χ1v) is 19.8. The number of carbonyl (C=O) groups is 2. The molecule has 5 heterocycles. The lowest BCUT2D eigenvalue weighted by atomic mass is 9.93. The van der Waals surface area contributed by atoms with E-state index in [9.17, 15) is 19.8 Å². The number of rotatable bonds is 11. The van der Waals surface area contributed by atoms with Crippen molar-refractivity contribution in [1.29, 1.82) is 0 Å². The normalized spacial score (nSPS) is 20.2. The summed E-state index contributed by atoms with van der Waals surface area (Å²) in [5.41, 5.74) is 5.71. The molecule has 0 aliphatic carbocycles. The molecule has 0 radical (unpaired) electrons. The number of benzene rings is 2. The number of carboxylic acid groups (broad SMARTS) is 1. The second-order valence-corrected chi connectivity index (χ2v) is 16.1. The fraction of sp³-hybridized carbons (Fsp3) is 0.524. The van der Waals surface area contributed by atoms with Gasteiger partial charge in [-0.2, -0.15) is 0 Å². The van der Waals surface area contributed by atoms with Gasteiger partial charge < -0.3 is 40.0 Å². The van der Waals surface area contributed by atoms with Gasteiger partial charge in [0.25, 0.3) is 0 Å². The number of aromatic nitrogens is 3. The summed E-state index contributed by atoms with van der Waals surface area (Å²) in [7, 11) is 0. The Balaban J connectivity index is 0.943. The number of piperidine rings is 2. The first-order valence-electron chi connectivity index (χ1n) is 19.8. The van der Waals surface area contributed by atoms with Crippen molar-refractivity contribution in [2.75, 3.05) is 51.1 Å². The third-order valence-corrected chi connectivity index (χ3v) is 11.8. The number of hydrogen-bond donors (Lipinski definition) is 4. The maximum atomic E-state index is 15.1. The van der Waals surface area contributed by atoms with Crippen LogP contribution in [0, 0.1) is 30.5 Å². The van der Waals surface area contributed by atoms with Gasteiger partial charge in [0, 0.05) is 67.5 Å². The lowest BCUT2D eigenvalue weighted by Gasteiger charge is -2.34. The van der Waals surface area contributed by atoms with Crippen molar-refractivity contribution in [3.63, 3.8) is 0 Å². The van der Waals surface area contributed by atoms with Crippen LogP contribution in [0.3, 0.4) is 0 Å². The Morgan fingerprint density at radius 2 is 1.75 bits per heavy atom. The van der Waals surface area contributed by atoms with Crippen LogP contribution in [0.1, 0.15) is 63.5 Å². The number of urea groups is 1. The van der Waals surface area contributed by atoms with Gasteiger partial charge in [0.1, 0.15) is 17.8 Å². The molecule has 3 amide bonds. The minimum absolute atomic E-state index is 0.0200. The second kappa shape index (κ2) is 17.1. The Hall–Kier alpha value is -4.59. The van der Waals surface area contributed by atoms with E-state index < -0.39 is 18.0 Å². The summed E-state index contributed by atoms with van der Waals surface area (Å²) in [6, 6.07) is 12.6. The minimum atomic E-state index is -0.801. The fourth-order valence-electron chi connectivity index (χ4n) is 8.49. The number of nitrogens with zero attached hydrogens (tertiary/aromatic N) is 5.